The summed E-state index contributed by atoms with van der Waals surface area (Å²) in [5, 5.41) is 2.71. The third-order valence-electron chi connectivity index (χ3n) is 4.69. The van der Waals surface area contributed by atoms with Crippen LogP contribution in [0.5, 0.6) is 0 Å². The van der Waals surface area contributed by atoms with Crippen molar-refractivity contribution in [2.75, 3.05) is 46.3 Å². The Morgan fingerprint density at radius 1 is 0.771 bits per heavy atom. The van der Waals surface area contributed by atoms with E-state index in [1.54, 1.807) is 25.7 Å². The third-order valence-corrected chi connectivity index (χ3v) is 4.69. The van der Waals surface area contributed by atoms with Gasteiger partial charge in [0.05, 0.1) is 20.1 Å². The lowest BCUT2D eigenvalue weighted by Crippen LogP contribution is -2.53. The van der Waals surface area contributed by atoms with Gasteiger partial charge in [-0.05, 0) is 75.3 Å². The normalized spacial score (nSPS) is 14.0. The van der Waals surface area contributed by atoms with Gasteiger partial charge in [-0.1, -0.05) is 0 Å². The van der Waals surface area contributed by atoms with Gasteiger partial charge in [-0.15, -0.1) is 0 Å². The van der Waals surface area contributed by atoms with E-state index < -0.39 is 29.0 Å². The standard InChI is InChI=1S/C25H50N4O6/c1-23(2,3)33-20(30)27-15-12-16-28(21(31)34-24(4,5)6)17-13-19-29(10,18-11-14-26)22(32)35-25(7,8)9/h11-19,26H2,1-10H3/p+1. The summed E-state index contributed by atoms with van der Waals surface area (Å²) >= 11 is 0. The summed E-state index contributed by atoms with van der Waals surface area (Å²) in [5.41, 5.74) is 3.89. The molecule has 0 aromatic heterocycles. The van der Waals surface area contributed by atoms with Crippen molar-refractivity contribution in [2.24, 2.45) is 5.73 Å². The average molecular weight is 504 g/mol. The average Bonchev–Trinajstić information content (AvgIpc) is 2.64. The molecule has 0 fully saturated rings. The number of hydrogen-bond acceptors (Lipinski definition) is 7. The van der Waals surface area contributed by atoms with Gasteiger partial charge in [-0.25, -0.2) is 14.1 Å². The van der Waals surface area contributed by atoms with Gasteiger partial charge in [0, 0.05) is 32.5 Å². The lowest BCUT2D eigenvalue weighted by atomic mass is 10.2. The number of alkyl carbamates (subject to hydrolysis) is 1. The van der Waals surface area contributed by atoms with Crippen molar-refractivity contribution in [3.63, 3.8) is 0 Å². The molecule has 0 bridgehead atoms. The summed E-state index contributed by atoms with van der Waals surface area (Å²) in [7, 11) is 1.84. The molecule has 0 aliphatic heterocycles. The second-order valence-corrected chi connectivity index (χ2v) is 12.1. The molecule has 0 rings (SSSR count). The Morgan fingerprint density at radius 3 is 1.74 bits per heavy atom. The van der Waals surface area contributed by atoms with Crippen LogP contribution in [0.4, 0.5) is 14.4 Å². The fraction of sp³-hybridized carbons (Fsp3) is 0.880. The molecule has 10 nitrogen and oxygen atoms in total. The summed E-state index contributed by atoms with van der Waals surface area (Å²) in [6.07, 6.45) is 0.552. The SMILES string of the molecule is CC(C)(C)OC(=O)NCCCN(CCC[N+](C)(CCCN)C(=O)OC(C)(C)C)C(=O)OC(C)(C)C. The molecule has 0 saturated heterocycles. The van der Waals surface area contributed by atoms with Crippen LogP contribution < -0.4 is 11.1 Å². The van der Waals surface area contributed by atoms with Crippen LogP contribution in [-0.2, 0) is 14.2 Å². The highest BCUT2D eigenvalue weighted by Gasteiger charge is 2.36. The van der Waals surface area contributed by atoms with Crippen LogP contribution in [0, 0.1) is 0 Å². The Balaban J connectivity index is 5.12. The molecule has 0 aliphatic carbocycles. The first-order chi connectivity index (χ1) is 15.8. The van der Waals surface area contributed by atoms with E-state index in [1.807, 2.05) is 48.6 Å². The van der Waals surface area contributed by atoms with Crippen LogP contribution >= 0.6 is 0 Å². The fourth-order valence-corrected chi connectivity index (χ4v) is 3.11. The highest BCUT2D eigenvalue weighted by atomic mass is 16.6. The van der Waals surface area contributed by atoms with E-state index in [0.717, 1.165) is 0 Å². The predicted octanol–water partition coefficient (Wildman–Crippen LogP) is 4.26. The Labute approximate surface area is 212 Å². The van der Waals surface area contributed by atoms with Crippen molar-refractivity contribution in [3.8, 4) is 0 Å². The van der Waals surface area contributed by atoms with Crippen molar-refractivity contribution in [3.05, 3.63) is 0 Å². The Bertz CT molecular complexity index is 679. The maximum absolute atomic E-state index is 12.9. The summed E-state index contributed by atoms with van der Waals surface area (Å²) in [6.45, 7) is 19.0. The molecule has 10 heteroatoms. The van der Waals surface area contributed by atoms with Crippen molar-refractivity contribution < 1.29 is 33.1 Å². The second kappa shape index (κ2) is 13.9. The van der Waals surface area contributed by atoms with E-state index >= 15 is 0 Å². The molecule has 0 aromatic carbocycles. The highest BCUT2D eigenvalue weighted by molar-refractivity contribution is 5.68. The Hall–Kier alpha value is -2.07. The number of carbonyl (C=O) groups is 3. The molecule has 35 heavy (non-hydrogen) atoms. The number of amides is 3. The molecule has 0 saturated carbocycles. The zero-order chi connectivity index (χ0) is 27.5. The van der Waals surface area contributed by atoms with E-state index in [4.69, 9.17) is 19.9 Å². The monoisotopic (exact) mass is 503 g/mol. The molecular formula is C25H51N4O6+. The fourth-order valence-electron chi connectivity index (χ4n) is 3.11. The zero-order valence-corrected chi connectivity index (χ0v) is 23.8. The molecular weight excluding hydrogens is 452 g/mol. The number of nitrogens with one attached hydrogen (secondary N) is 1. The molecule has 0 heterocycles. The first-order valence-corrected chi connectivity index (χ1v) is 12.5. The maximum Gasteiger partial charge on any atom is 0.516 e. The van der Waals surface area contributed by atoms with Crippen LogP contribution in [-0.4, -0.2) is 90.8 Å². The second-order valence-electron chi connectivity index (χ2n) is 12.1. The minimum atomic E-state index is -0.633. The Morgan fingerprint density at radius 2 is 1.26 bits per heavy atom. The van der Waals surface area contributed by atoms with E-state index in [0.29, 0.717) is 58.5 Å². The number of nitrogens with two attached hydrogens (primary N) is 1. The van der Waals surface area contributed by atoms with Gasteiger partial charge in [0.2, 0.25) is 0 Å². The number of nitrogens with zero attached hydrogens (tertiary/aromatic N) is 2. The number of hydrogen-bond donors (Lipinski definition) is 2. The molecule has 1 atom stereocenters. The molecule has 0 radical (unpaired) electrons. The molecule has 0 aliphatic rings. The highest BCUT2D eigenvalue weighted by Crippen LogP contribution is 2.17. The van der Waals surface area contributed by atoms with Gasteiger partial charge >= 0.3 is 18.3 Å². The number of carbonyl (C=O) groups excluding carboxylic acids is 3. The first-order valence-electron chi connectivity index (χ1n) is 12.5. The van der Waals surface area contributed by atoms with Gasteiger partial charge in [0.15, 0.2) is 0 Å². The summed E-state index contributed by atoms with van der Waals surface area (Å²) in [5.74, 6) is 0. The smallest absolute Gasteiger partial charge is 0.444 e. The first kappa shape index (κ1) is 32.9. The van der Waals surface area contributed by atoms with Crippen molar-refractivity contribution in [2.45, 2.75) is 98.4 Å². The number of rotatable bonds is 11. The van der Waals surface area contributed by atoms with E-state index in [-0.39, 0.29) is 10.6 Å². The summed E-state index contributed by atoms with van der Waals surface area (Å²) in [4.78, 5) is 39.2. The van der Waals surface area contributed by atoms with Gasteiger partial charge in [-0.2, -0.15) is 4.79 Å². The van der Waals surface area contributed by atoms with Crippen molar-refractivity contribution >= 4 is 18.3 Å². The minimum absolute atomic E-state index is 0.0802. The Kier molecular flexibility index (Phi) is 13.0. The molecule has 1 unspecified atom stereocenters. The molecule has 3 amide bonds. The van der Waals surface area contributed by atoms with Crippen LogP contribution in [0.3, 0.4) is 0 Å². The van der Waals surface area contributed by atoms with Crippen LogP contribution in [0.25, 0.3) is 0 Å². The lowest BCUT2D eigenvalue weighted by molar-refractivity contribution is -0.839. The van der Waals surface area contributed by atoms with Crippen molar-refractivity contribution in [1.82, 2.24) is 10.2 Å². The topological polar surface area (TPSA) is 120 Å². The molecule has 206 valence electrons. The predicted molar refractivity (Wildman–Crippen MR) is 137 cm³/mol. The molecule has 0 spiro atoms. The quantitative estimate of drug-likeness (QED) is 0.245. The van der Waals surface area contributed by atoms with Gasteiger partial charge in [-0.3, -0.25) is 0 Å². The van der Waals surface area contributed by atoms with E-state index in [1.165, 1.54) is 0 Å². The lowest BCUT2D eigenvalue weighted by Gasteiger charge is -2.34. The van der Waals surface area contributed by atoms with E-state index in [9.17, 15) is 14.4 Å². The summed E-state index contributed by atoms with van der Waals surface area (Å²) < 4.78 is 16.5. The third kappa shape index (κ3) is 16.3. The van der Waals surface area contributed by atoms with Gasteiger partial charge < -0.3 is 30.2 Å². The van der Waals surface area contributed by atoms with Crippen LogP contribution in [0.1, 0.15) is 81.6 Å². The van der Waals surface area contributed by atoms with Crippen LogP contribution in [0.15, 0.2) is 0 Å². The largest absolute Gasteiger partial charge is 0.516 e. The summed E-state index contributed by atoms with van der Waals surface area (Å²) in [6, 6.07) is 0. The zero-order valence-electron chi connectivity index (χ0n) is 23.8. The minimum Gasteiger partial charge on any atom is -0.444 e. The van der Waals surface area contributed by atoms with Gasteiger partial charge in [0.25, 0.3) is 0 Å². The maximum atomic E-state index is 12.9. The molecule has 3 N–H and O–H groups in total. The van der Waals surface area contributed by atoms with Crippen molar-refractivity contribution in [1.29, 1.82) is 0 Å². The molecule has 0 aromatic rings. The number of ether oxygens (including phenoxy) is 3. The van der Waals surface area contributed by atoms with Gasteiger partial charge in [0.1, 0.15) is 16.8 Å². The van der Waals surface area contributed by atoms with E-state index in [2.05, 4.69) is 5.32 Å². The van der Waals surface area contributed by atoms with Crippen LogP contribution in [0.2, 0.25) is 0 Å². The number of quaternary nitrogens is 1.